The second-order valence-corrected chi connectivity index (χ2v) is 4.67. The Morgan fingerprint density at radius 1 is 1.41 bits per heavy atom. The molecule has 4 heteroatoms. The van der Waals surface area contributed by atoms with Gasteiger partial charge in [-0.15, -0.1) is 0 Å². The maximum Gasteiger partial charge on any atom is 0.323 e. The van der Waals surface area contributed by atoms with Gasteiger partial charge in [-0.2, -0.15) is 0 Å². The van der Waals surface area contributed by atoms with Gasteiger partial charge in [0.1, 0.15) is 10.4 Å². The van der Waals surface area contributed by atoms with Crippen LogP contribution in [0.4, 0.5) is 0 Å². The minimum absolute atomic E-state index is 0.301. The molecule has 0 bridgehead atoms. The first-order chi connectivity index (χ1) is 8.06. The van der Waals surface area contributed by atoms with Crippen molar-refractivity contribution in [1.29, 1.82) is 0 Å². The second-order valence-electron chi connectivity index (χ2n) is 3.76. The van der Waals surface area contributed by atoms with E-state index in [-0.39, 0.29) is 0 Å². The van der Waals surface area contributed by atoms with Crippen LogP contribution in [0.1, 0.15) is 25.8 Å². The molecule has 2 atom stereocenters. The summed E-state index contributed by atoms with van der Waals surface area (Å²) >= 11 is 3.24. The van der Waals surface area contributed by atoms with Gasteiger partial charge < -0.3 is 9.84 Å². The van der Waals surface area contributed by atoms with Gasteiger partial charge in [0.15, 0.2) is 0 Å². The highest BCUT2D eigenvalue weighted by Crippen LogP contribution is 2.33. The number of rotatable bonds is 5. The molecule has 94 valence electrons. The van der Waals surface area contributed by atoms with Crippen molar-refractivity contribution in [2.24, 2.45) is 0 Å². The molecule has 0 aromatic heterocycles. The highest BCUT2D eigenvalue weighted by molar-refractivity contribution is 9.10. The molecular formula is C13H17BrO3. The molecule has 0 heterocycles. The smallest absolute Gasteiger partial charge is 0.323 e. The average molecular weight is 301 g/mol. The highest BCUT2D eigenvalue weighted by Gasteiger charge is 2.40. The molecule has 17 heavy (non-hydrogen) atoms. The van der Waals surface area contributed by atoms with Gasteiger partial charge in [0.05, 0.1) is 6.61 Å². The number of esters is 1. The Morgan fingerprint density at radius 3 is 2.47 bits per heavy atom. The highest BCUT2D eigenvalue weighted by atomic mass is 79.9. The third-order valence-corrected chi connectivity index (χ3v) is 3.86. The number of hydrogen-bond donors (Lipinski definition) is 1. The zero-order valence-corrected chi connectivity index (χ0v) is 11.6. The summed E-state index contributed by atoms with van der Waals surface area (Å²) < 4.78 is 4.93. The van der Waals surface area contributed by atoms with Crippen molar-refractivity contribution in [2.75, 3.05) is 6.61 Å². The molecule has 0 saturated carbocycles. The van der Waals surface area contributed by atoms with E-state index in [0.29, 0.717) is 18.6 Å². The van der Waals surface area contributed by atoms with Gasteiger partial charge in [0.25, 0.3) is 0 Å². The van der Waals surface area contributed by atoms with Crippen molar-refractivity contribution >= 4 is 21.9 Å². The zero-order chi connectivity index (χ0) is 12.9. The fraction of sp³-hybridized carbons (Fsp3) is 0.462. The Hall–Kier alpha value is -0.870. The van der Waals surface area contributed by atoms with Gasteiger partial charge in [-0.05, 0) is 18.9 Å². The van der Waals surface area contributed by atoms with Crippen LogP contribution >= 0.6 is 15.9 Å². The Labute approximate surface area is 110 Å². The maximum absolute atomic E-state index is 11.7. The lowest BCUT2D eigenvalue weighted by Gasteiger charge is -2.31. The van der Waals surface area contributed by atoms with Crippen LogP contribution in [0, 0.1) is 0 Å². The zero-order valence-electron chi connectivity index (χ0n) is 10.0. The summed E-state index contributed by atoms with van der Waals surface area (Å²) in [5.74, 6) is -0.444. The van der Waals surface area contributed by atoms with E-state index in [4.69, 9.17) is 4.74 Å². The molecular weight excluding hydrogens is 284 g/mol. The molecule has 0 radical (unpaired) electrons. The molecule has 0 aliphatic carbocycles. The molecule has 0 amide bonds. The Morgan fingerprint density at radius 2 is 2.00 bits per heavy atom. The van der Waals surface area contributed by atoms with E-state index in [1.54, 1.807) is 19.1 Å². The lowest BCUT2D eigenvalue weighted by molar-refractivity contribution is -0.147. The number of halogens is 1. The van der Waals surface area contributed by atoms with E-state index in [1.165, 1.54) is 0 Å². The van der Waals surface area contributed by atoms with Crippen molar-refractivity contribution in [2.45, 2.75) is 30.7 Å². The van der Waals surface area contributed by atoms with Crippen molar-refractivity contribution in [1.82, 2.24) is 0 Å². The van der Waals surface area contributed by atoms with E-state index in [2.05, 4.69) is 15.9 Å². The van der Waals surface area contributed by atoms with Gasteiger partial charge in [-0.1, -0.05) is 53.2 Å². The molecule has 0 unspecified atom stereocenters. The Bertz CT molecular complexity index is 366. The van der Waals surface area contributed by atoms with E-state index < -0.39 is 16.4 Å². The number of hydrogen-bond acceptors (Lipinski definition) is 3. The number of benzene rings is 1. The van der Waals surface area contributed by atoms with Crippen LogP contribution in [-0.2, 0) is 15.1 Å². The molecule has 0 fully saturated rings. The molecule has 0 spiro atoms. The first-order valence-electron chi connectivity index (χ1n) is 5.64. The summed E-state index contributed by atoms with van der Waals surface area (Å²) in [5.41, 5.74) is -0.537. The number of alkyl halides is 1. The third-order valence-electron chi connectivity index (χ3n) is 2.73. The summed E-state index contributed by atoms with van der Waals surface area (Å²) in [6.45, 7) is 3.88. The second kappa shape index (κ2) is 6.17. The molecule has 1 rings (SSSR count). The van der Waals surface area contributed by atoms with Crippen LogP contribution in [0.5, 0.6) is 0 Å². The standard InChI is InChI=1S/C13H17BrO3/c1-3-13(16,10-8-6-5-7-9-10)11(14)12(15)17-4-2/h5-9,11,16H,3-4H2,1-2H3/t11-,13-/m0/s1. The van der Waals surface area contributed by atoms with Crippen molar-refractivity contribution < 1.29 is 14.6 Å². The van der Waals surface area contributed by atoms with Crippen LogP contribution in [0.2, 0.25) is 0 Å². The summed E-state index contributed by atoms with van der Waals surface area (Å²) in [6, 6.07) is 9.14. The average Bonchev–Trinajstić information content (AvgIpc) is 2.38. The number of aliphatic hydroxyl groups is 1. The molecule has 0 saturated heterocycles. The lowest BCUT2D eigenvalue weighted by atomic mass is 9.88. The van der Waals surface area contributed by atoms with Gasteiger partial charge in [0, 0.05) is 0 Å². The first kappa shape index (κ1) is 14.2. The first-order valence-corrected chi connectivity index (χ1v) is 6.56. The van der Waals surface area contributed by atoms with E-state index in [0.717, 1.165) is 0 Å². The third kappa shape index (κ3) is 3.07. The molecule has 1 N–H and O–H groups in total. The van der Waals surface area contributed by atoms with Crippen LogP contribution in [-0.4, -0.2) is 22.5 Å². The Balaban J connectivity index is 3.00. The number of ether oxygens (including phenoxy) is 1. The topological polar surface area (TPSA) is 46.5 Å². The quantitative estimate of drug-likeness (QED) is 0.672. The minimum atomic E-state index is -1.24. The summed E-state index contributed by atoms with van der Waals surface area (Å²) in [6.07, 6.45) is 0.422. The minimum Gasteiger partial charge on any atom is -0.465 e. The summed E-state index contributed by atoms with van der Waals surface area (Å²) in [5, 5.41) is 10.6. The SMILES string of the molecule is CCOC(=O)[C@H](Br)[C@](O)(CC)c1ccccc1. The van der Waals surface area contributed by atoms with Crippen molar-refractivity contribution in [3.8, 4) is 0 Å². The van der Waals surface area contributed by atoms with Gasteiger partial charge in [0.2, 0.25) is 0 Å². The van der Waals surface area contributed by atoms with Crippen LogP contribution in [0.15, 0.2) is 30.3 Å². The van der Waals surface area contributed by atoms with Crippen LogP contribution < -0.4 is 0 Å². The van der Waals surface area contributed by atoms with Crippen molar-refractivity contribution in [3.05, 3.63) is 35.9 Å². The molecule has 3 nitrogen and oxygen atoms in total. The van der Waals surface area contributed by atoms with Gasteiger partial charge >= 0.3 is 5.97 Å². The monoisotopic (exact) mass is 300 g/mol. The predicted octanol–water partition coefficient (Wildman–Crippen LogP) is 2.61. The fourth-order valence-electron chi connectivity index (χ4n) is 1.67. The van der Waals surface area contributed by atoms with Crippen molar-refractivity contribution in [3.63, 3.8) is 0 Å². The largest absolute Gasteiger partial charge is 0.465 e. The van der Waals surface area contributed by atoms with Gasteiger partial charge in [-0.3, -0.25) is 4.79 Å². The normalized spacial score (nSPS) is 16.0. The molecule has 1 aromatic rings. The van der Waals surface area contributed by atoms with Gasteiger partial charge in [-0.25, -0.2) is 0 Å². The molecule has 0 aliphatic heterocycles. The maximum atomic E-state index is 11.7. The van der Waals surface area contributed by atoms with E-state index in [1.807, 2.05) is 25.1 Å². The molecule has 1 aromatic carbocycles. The summed E-state index contributed by atoms with van der Waals surface area (Å²) in [7, 11) is 0. The Kier molecular flexibility index (Phi) is 5.15. The van der Waals surface area contributed by atoms with E-state index in [9.17, 15) is 9.90 Å². The predicted molar refractivity (Wildman–Crippen MR) is 70.0 cm³/mol. The lowest BCUT2D eigenvalue weighted by Crippen LogP contribution is -2.41. The van der Waals surface area contributed by atoms with E-state index >= 15 is 0 Å². The summed E-state index contributed by atoms with van der Waals surface area (Å²) in [4.78, 5) is 10.9. The van der Waals surface area contributed by atoms with Crippen LogP contribution in [0.3, 0.4) is 0 Å². The fourth-order valence-corrected chi connectivity index (χ4v) is 2.39. The number of carbonyl (C=O) groups is 1. The number of carbonyl (C=O) groups excluding carboxylic acids is 1. The van der Waals surface area contributed by atoms with Crippen LogP contribution in [0.25, 0.3) is 0 Å². The molecule has 0 aliphatic rings.